The first kappa shape index (κ1) is 16.4. The topological polar surface area (TPSA) is 66.4 Å². The molecule has 0 amide bonds. The van der Waals surface area contributed by atoms with Gasteiger partial charge in [0.05, 0.1) is 0 Å². The maximum atomic E-state index is 5.05. The molecule has 0 atom stereocenters. The summed E-state index contributed by atoms with van der Waals surface area (Å²) in [6.07, 6.45) is 4.59. The van der Waals surface area contributed by atoms with E-state index in [9.17, 15) is 0 Å². The Balaban J connectivity index is 1.54. The standard InChI is InChI=1S/C17H24N6O/c1-24-14-4-8-19-17-20-9-6-16(21-17)23-12-10-22(11-13-23)15-5-2-3-7-18-15/h2-3,5-7,9H,4,8,10-14H2,1H3,(H,19,20,21). The van der Waals surface area contributed by atoms with Crippen LogP contribution in [-0.4, -0.2) is 61.4 Å². The molecule has 24 heavy (non-hydrogen) atoms. The molecule has 0 radical (unpaired) electrons. The van der Waals surface area contributed by atoms with Gasteiger partial charge in [0, 0.05) is 58.8 Å². The second kappa shape index (κ2) is 8.44. The molecule has 7 heteroatoms. The second-order valence-corrected chi connectivity index (χ2v) is 5.67. The van der Waals surface area contributed by atoms with E-state index in [-0.39, 0.29) is 0 Å². The van der Waals surface area contributed by atoms with Crippen LogP contribution in [0.25, 0.3) is 0 Å². The maximum Gasteiger partial charge on any atom is 0.224 e. The van der Waals surface area contributed by atoms with Crippen molar-refractivity contribution in [2.24, 2.45) is 0 Å². The molecular weight excluding hydrogens is 304 g/mol. The molecule has 0 unspecified atom stereocenters. The van der Waals surface area contributed by atoms with E-state index < -0.39 is 0 Å². The summed E-state index contributed by atoms with van der Waals surface area (Å²) in [5, 5.41) is 3.24. The highest BCUT2D eigenvalue weighted by Gasteiger charge is 2.19. The van der Waals surface area contributed by atoms with E-state index >= 15 is 0 Å². The van der Waals surface area contributed by atoms with Crippen molar-refractivity contribution in [2.75, 3.05) is 61.6 Å². The van der Waals surface area contributed by atoms with Crippen molar-refractivity contribution < 1.29 is 4.74 Å². The van der Waals surface area contributed by atoms with Crippen LogP contribution in [0.5, 0.6) is 0 Å². The van der Waals surface area contributed by atoms with Crippen LogP contribution >= 0.6 is 0 Å². The van der Waals surface area contributed by atoms with Crippen molar-refractivity contribution in [3.05, 3.63) is 36.7 Å². The Morgan fingerprint density at radius 3 is 2.50 bits per heavy atom. The molecule has 3 heterocycles. The Bertz CT molecular complexity index is 615. The van der Waals surface area contributed by atoms with Crippen LogP contribution in [0, 0.1) is 0 Å². The average Bonchev–Trinajstić information content (AvgIpc) is 2.66. The Hall–Kier alpha value is -2.41. The van der Waals surface area contributed by atoms with Gasteiger partial charge in [-0.2, -0.15) is 4.98 Å². The Morgan fingerprint density at radius 1 is 1.00 bits per heavy atom. The predicted molar refractivity (Wildman–Crippen MR) is 95.7 cm³/mol. The van der Waals surface area contributed by atoms with E-state index in [1.807, 2.05) is 30.6 Å². The summed E-state index contributed by atoms with van der Waals surface area (Å²) in [7, 11) is 1.71. The lowest BCUT2D eigenvalue weighted by Gasteiger charge is -2.36. The first-order valence-corrected chi connectivity index (χ1v) is 8.33. The maximum absolute atomic E-state index is 5.05. The number of piperazine rings is 1. The van der Waals surface area contributed by atoms with Gasteiger partial charge in [-0.15, -0.1) is 0 Å². The van der Waals surface area contributed by atoms with E-state index in [0.29, 0.717) is 5.95 Å². The molecule has 0 saturated carbocycles. The fourth-order valence-electron chi connectivity index (χ4n) is 2.73. The molecule has 1 N–H and O–H groups in total. The molecule has 1 aliphatic rings. The van der Waals surface area contributed by atoms with Gasteiger partial charge in [-0.1, -0.05) is 6.07 Å². The highest BCUT2D eigenvalue weighted by molar-refractivity contribution is 5.46. The number of nitrogens with one attached hydrogen (secondary N) is 1. The molecule has 0 aromatic carbocycles. The SMILES string of the molecule is COCCCNc1nccc(N2CCN(c3ccccn3)CC2)n1. The lowest BCUT2D eigenvalue weighted by atomic mass is 10.3. The Kier molecular flexibility index (Phi) is 5.79. The number of pyridine rings is 1. The summed E-state index contributed by atoms with van der Waals surface area (Å²) >= 11 is 0. The molecule has 128 valence electrons. The molecule has 3 rings (SSSR count). The summed E-state index contributed by atoms with van der Waals surface area (Å²) in [6, 6.07) is 8.00. The number of ether oxygens (including phenoxy) is 1. The molecule has 0 bridgehead atoms. The van der Waals surface area contributed by atoms with Crippen molar-refractivity contribution in [1.82, 2.24) is 15.0 Å². The van der Waals surface area contributed by atoms with Gasteiger partial charge >= 0.3 is 0 Å². The fraction of sp³-hybridized carbons (Fsp3) is 0.471. The van der Waals surface area contributed by atoms with Gasteiger partial charge in [0.1, 0.15) is 11.6 Å². The number of rotatable bonds is 7. The van der Waals surface area contributed by atoms with Crippen molar-refractivity contribution >= 4 is 17.6 Å². The highest BCUT2D eigenvalue weighted by Crippen LogP contribution is 2.17. The van der Waals surface area contributed by atoms with Gasteiger partial charge in [0.25, 0.3) is 0 Å². The fourth-order valence-corrected chi connectivity index (χ4v) is 2.73. The molecule has 1 fully saturated rings. The summed E-state index contributed by atoms with van der Waals surface area (Å²) in [4.78, 5) is 17.9. The van der Waals surface area contributed by atoms with E-state index in [1.54, 1.807) is 7.11 Å². The number of anilines is 3. The normalized spacial score (nSPS) is 14.7. The molecule has 0 aliphatic carbocycles. The Morgan fingerprint density at radius 2 is 1.79 bits per heavy atom. The molecule has 0 spiro atoms. The minimum atomic E-state index is 0.677. The van der Waals surface area contributed by atoms with Gasteiger partial charge in [0.15, 0.2) is 0 Å². The van der Waals surface area contributed by atoms with E-state index in [0.717, 1.165) is 57.4 Å². The molecule has 1 aliphatic heterocycles. The lowest BCUT2D eigenvalue weighted by molar-refractivity contribution is 0.197. The van der Waals surface area contributed by atoms with Crippen molar-refractivity contribution in [3.63, 3.8) is 0 Å². The molecule has 7 nitrogen and oxygen atoms in total. The first-order valence-electron chi connectivity index (χ1n) is 8.33. The zero-order chi connectivity index (χ0) is 16.6. The van der Waals surface area contributed by atoms with Crippen LogP contribution in [0.3, 0.4) is 0 Å². The Labute approximate surface area is 142 Å². The summed E-state index contributed by atoms with van der Waals surface area (Å²) in [5.41, 5.74) is 0. The number of methoxy groups -OCH3 is 1. The minimum absolute atomic E-state index is 0.677. The third kappa shape index (κ3) is 4.32. The molecule has 2 aromatic heterocycles. The summed E-state index contributed by atoms with van der Waals surface area (Å²) in [6.45, 7) is 5.29. The van der Waals surface area contributed by atoms with Crippen LogP contribution in [0.2, 0.25) is 0 Å². The van der Waals surface area contributed by atoms with Gasteiger partial charge in [0.2, 0.25) is 5.95 Å². The second-order valence-electron chi connectivity index (χ2n) is 5.67. The van der Waals surface area contributed by atoms with E-state index in [2.05, 4.69) is 36.1 Å². The third-order valence-corrected chi connectivity index (χ3v) is 4.03. The largest absolute Gasteiger partial charge is 0.385 e. The minimum Gasteiger partial charge on any atom is -0.385 e. The smallest absolute Gasteiger partial charge is 0.224 e. The van der Waals surface area contributed by atoms with E-state index in [4.69, 9.17) is 4.74 Å². The van der Waals surface area contributed by atoms with E-state index in [1.165, 1.54) is 0 Å². The molecular formula is C17H24N6O. The van der Waals surface area contributed by atoms with Gasteiger partial charge < -0.3 is 19.9 Å². The first-order chi connectivity index (χ1) is 11.9. The average molecular weight is 328 g/mol. The highest BCUT2D eigenvalue weighted by atomic mass is 16.5. The molecule has 2 aromatic rings. The van der Waals surface area contributed by atoms with Crippen molar-refractivity contribution in [1.29, 1.82) is 0 Å². The zero-order valence-electron chi connectivity index (χ0n) is 14.1. The number of hydrogen-bond donors (Lipinski definition) is 1. The summed E-state index contributed by atoms with van der Waals surface area (Å²) < 4.78 is 5.05. The third-order valence-electron chi connectivity index (χ3n) is 4.03. The predicted octanol–water partition coefficient (Wildman–Crippen LogP) is 1.65. The van der Waals surface area contributed by atoms with Gasteiger partial charge in [-0.05, 0) is 24.6 Å². The van der Waals surface area contributed by atoms with Gasteiger partial charge in [-0.25, -0.2) is 9.97 Å². The van der Waals surface area contributed by atoms with Crippen molar-refractivity contribution in [2.45, 2.75) is 6.42 Å². The van der Waals surface area contributed by atoms with Crippen molar-refractivity contribution in [3.8, 4) is 0 Å². The zero-order valence-corrected chi connectivity index (χ0v) is 14.1. The van der Waals surface area contributed by atoms with Crippen LogP contribution in [-0.2, 0) is 4.74 Å². The van der Waals surface area contributed by atoms with Crippen LogP contribution in [0.1, 0.15) is 6.42 Å². The number of nitrogens with zero attached hydrogens (tertiary/aromatic N) is 5. The number of hydrogen-bond acceptors (Lipinski definition) is 7. The van der Waals surface area contributed by atoms with Crippen LogP contribution < -0.4 is 15.1 Å². The number of aromatic nitrogens is 3. The van der Waals surface area contributed by atoms with Crippen LogP contribution in [0.15, 0.2) is 36.7 Å². The monoisotopic (exact) mass is 328 g/mol. The lowest BCUT2D eigenvalue weighted by Crippen LogP contribution is -2.47. The van der Waals surface area contributed by atoms with Crippen LogP contribution in [0.4, 0.5) is 17.6 Å². The molecule has 1 saturated heterocycles. The summed E-state index contributed by atoms with van der Waals surface area (Å²) in [5.74, 6) is 2.69. The quantitative estimate of drug-likeness (QED) is 0.775. The van der Waals surface area contributed by atoms with Gasteiger partial charge in [-0.3, -0.25) is 0 Å².